The molecule has 2 aliphatic heterocycles. The van der Waals surface area contributed by atoms with E-state index < -0.39 is 5.60 Å². The predicted octanol–water partition coefficient (Wildman–Crippen LogP) is 4.82. The average Bonchev–Trinajstić information content (AvgIpc) is 2.95. The zero-order chi connectivity index (χ0) is 17.0. The predicted molar refractivity (Wildman–Crippen MR) is 94.1 cm³/mol. The molecular formula is C22H16O3. The number of ether oxygens (including phenoxy) is 2. The maximum atomic E-state index is 12.8. The van der Waals surface area contributed by atoms with Crippen LogP contribution in [-0.4, -0.2) is 5.97 Å². The van der Waals surface area contributed by atoms with Crippen LogP contribution in [0.2, 0.25) is 0 Å². The van der Waals surface area contributed by atoms with Crippen molar-refractivity contribution in [1.29, 1.82) is 0 Å². The molecular weight excluding hydrogens is 312 g/mol. The van der Waals surface area contributed by atoms with Crippen molar-refractivity contribution in [3.63, 3.8) is 0 Å². The van der Waals surface area contributed by atoms with Crippen LogP contribution >= 0.6 is 0 Å². The van der Waals surface area contributed by atoms with E-state index >= 15 is 0 Å². The number of aryl methyl sites for hydroxylation is 1. The second-order valence-corrected chi connectivity index (χ2v) is 6.40. The van der Waals surface area contributed by atoms with Gasteiger partial charge in [-0.3, -0.25) is 0 Å². The van der Waals surface area contributed by atoms with Gasteiger partial charge in [0.2, 0.25) is 0 Å². The van der Waals surface area contributed by atoms with Crippen molar-refractivity contribution in [1.82, 2.24) is 0 Å². The third-order valence-electron chi connectivity index (χ3n) is 5.09. The second-order valence-electron chi connectivity index (χ2n) is 6.40. The van der Waals surface area contributed by atoms with Crippen molar-refractivity contribution in [3.05, 3.63) is 94.5 Å². The van der Waals surface area contributed by atoms with E-state index in [-0.39, 0.29) is 5.97 Å². The molecule has 0 bridgehead atoms. The molecule has 0 saturated heterocycles. The molecule has 0 saturated carbocycles. The van der Waals surface area contributed by atoms with Gasteiger partial charge in [0.1, 0.15) is 11.5 Å². The molecule has 0 radical (unpaired) electrons. The molecule has 5 rings (SSSR count). The minimum absolute atomic E-state index is 0.281. The lowest BCUT2D eigenvalue weighted by molar-refractivity contribution is 0.0224. The first-order chi connectivity index (χ1) is 12.2. The standard InChI is InChI=1S/C22H16O3/c1-2-14-11-12-16-15(13-14)21(23)25-22(16)17-7-3-5-9-19(17)24-20-10-6-4-8-18(20)22/h3-13H,2H2,1H3. The fraction of sp³-hybridized carbons (Fsp3) is 0.136. The SMILES string of the molecule is CCc1ccc2c(c1)C(=O)OC21c2ccccc2Oc2ccccc21. The van der Waals surface area contributed by atoms with Gasteiger partial charge in [0.15, 0.2) is 5.60 Å². The van der Waals surface area contributed by atoms with E-state index in [1.807, 2.05) is 60.7 Å². The molecule has 3 heteroatoms. The Morgan fingerprint density at radius 2 is 1.48 bits per heavy atom. The Bertz CT molecular complexity index is 974. The van der Waals surface area contributed by atoms with Gasteiger partial charge in [-0.25, -0.2) is 4.79 Å². The third-order valence-corrected chi connectivity index (χ3v) is 5.09. The third kappa shape index (κ3) is 1.78. The highest BCUT2D eigenvalue weighted by Gasteiger charge is 2.53. The number of benzene rings is 3. The number of esters is 1. The van der Waals surface area contributed by atoms with E-state index in [1.165, 1.54) is 0 Å². The summed E-state index contributed by atoms with van der Waals surface area (Å²) in [6, 6.07) is 21.6. The highest BCUT2D eigenvalue weighted by atomic mass is 16.6. The lowest BCUT2D eigenvalue weighted by Gasteiger charge is -2.36. The van der Waals surface area contributed by atoms with E-state index in [4.69, 9.17) is 9.47 Å². The summed E-state index contributed by atoms with van der Waals surface area (Å²) in [5, 5.41) is 0. The van der Waals surface area contributed by atoms with Gasteiger partial charge < -0.3 is 9.47 Å². The molecule has 2 heterocycles. The van der Waals surface area contributed by atoms with Crippen LogP contribution in [-0.2, 0) is 16.8 Å². The Morgan fingerprint density at radius 1 is 0.840 bits per heavy atom. The quantitative estimate of drug-likeness (QED) is 0.601. The van der Waals surface area contributed by atoms with Crippen LogP contribution in [0.15, 0.2) is 66.7 Å². The summed E-state index contributed by atoms with van der Waals surface area (Å²) >= 11 is 0. The number of carbonyl (C=O) groups is 1. The van der Waals surface area contributed by atoms with Crippen molar-refractivity contribution in [2.45, 2.75) is 18.9 Å². The average molecular weight is 328 g/mol. The van der Waals surface area contributed by atoms with Crippen LogP contribution in [0, 0.1) is 0 Å². The maximum Gasteiger partial charge on any atom is 0.340 e. The fourth-order valence-corrected chi connectivity index (χ4v) is 3.89. The molecule has 2 aliphatic rings. The van der Waals surface area contributed by atoms with Crippen molar-refractivity contribution in [2.24, 2.45) is 0 Å². The minimum Gasteiger partial charge on any atom is -0.456 e. The summed E-state index contributed by atoms with van der Waals surface area (Å²) in [6.07, 6.45) is 0.879. The van der Waals surface area contributed by atoms with Crippen LogP contribution in [0.4, 0.5) is 0 Å². The maximum absolute atomic E-state index is 12.8. The first kappa shape index (κ1) is 14.3. The van der Waals surface area contributed by atoms with Gasteiger partial charge >= 0.3 is 5.97 Å². The minimum atomic E-state index is -0.940. The number of hydrogen-bond acceptors (Lipinski definition) is 3. The van der Waals surface area contributed by atoms with Crippen LogP contribution < -0.4 is 4.74 Å². The monoisotopic (exact) mass is 328 g/mol. The first-order valence-corrected chi connectivity index (χ1v) is 8.47. The summed E-state index contributed by atoms with van der Waals surface area (Å²) in [4.78, 5) is 12.8. The van der Waals surface area contributed by atoms with Crippen LogP contribution in [0.25, 0.3) is 0 Å². The Hall–Kier alpha value is -3.07. The van der Waals surface area contributed by atoms with E-state index in [1.54, 1.807) is 0 Å². The van der Waals surface area contributed by atoms with Gasteiger partial charge in [-0.15, -0.1) is 0 Å². The molecule has 3 aromatic rings. The Balaban J connectivity index is 1.88. The van der Waals surface area contributed by atoms with E-state index in [0.717, 1.165) is 40.2 Å². The topological polar surface area (TPSA) is 35.5 Å². The van der Waals surface area contributed by atoms with Gasteiger partial charge in [0.25, 0.3) is 0 Å². The Kier molecular flexibility index (Phi) is 2.84. The molecule has 3 aromatic carbocycles. The van der Waals surface area contributed by atoms with E-state index in [2.05, 4.69) is 13.0 Å². The van der Waals surface area contributed by atoms with Gasteiger partial charge in [-0.05, 0) is 30.2 Å². The summed E-state index contributed by atoms with van der Waals surface area (Å²) in [5.41, 5.74) is 3.45. The molecule has 3 nitrogen and oxygen atoms in total. The second kappa shape index (κ2) is 4.96. The summed E-state index contributed by atoms with van der Waals surface area (Å²) < 4.78 is 12.2. The molecule has 0 fully saturated rings. The number of carbonyl (C=O) groups excluding carboxylic acids is 1. The zero-order valence-corrected chi connectivity index (χ0v) is 13.8. The van der Waals surface area contributed by atoms with E-state index in [9.17, 15) is 4.79 Å². The Labute approximate surface area is 145 Å². The first-order valence-electron chi connectivity index (χ1n) is 8.47. The number of rotatable bonds is 1. The smallest absolute Gasteiger partial charge is 0.340 e. The van der Waals surface area contributed by atoms with Crippen LogP contribution in [0.5, 0.6) is 11.5 Å². The lowest BCUT2D eigenvalue weighted by atomic mass is 9.77. The van der Waals surface area contributed by atoms with Crippen molar-refractivity contribution in [2.75, 3.05) is 0 Å². The molecule has 122 valence electrons. The summed E-state index contributed by atoms with van der Waals surface area (Å²) in [6.45, 7) is 2.08. The largest absolute Gasteiger partial charge is 0.456 e. The van der Waals surface area contributed by atoms with Gasteiger partial charge in [-0.2, -0.15) is 0 Å². The van der Waals surface area contributed by atoms with Crippen LogP contribution in [0.1, 0.15) is 39.5 Å². The highest BCUT2D eigenvalue weighted by molar-refractivity contribution is 5.97. The normalized spacial score (nSPS) is 15.8. The van der Waals surface area contributed by atoms with Gasteiger partial charge in [0.05, 0.1) is 5.56 Å². The van der Waals surface area contributed by atoms with Crippen molar-refractivity contribution < 1.29 is 14.3 Å². The van der Waals surface area contributed by atoms with Gasteiger partial charge in [-0.1, -0.05) is 55.5 Å². The van der Waals surface area contributed by atoms with Gasteiger partial charge in [0, 0.05) is 16.7 Å². The molecule has 0 aromatic heterocycles. The number of para-hydroxylation sites is 2. The molecule has 0 aliphatic carbocycles. The Morgan fingerprint density at radius 3 is 2.12 bits per heavy atom. The highest BCUT2D eigenvalue weighted by Crippen LogP contribution is 2.55. The molecule has 0 unspecified atom stereocenters. The van der Waals surface area contributed by atoms with Crippen LogP contribution in [0.3, 0.4) is 0 Å². The molecule has 0 N–H and O–H groups in total. The van der Waals surface area contributed by atoms with Crippen molar-refractivity contribution >= 4 is 5.97 Å². The molecule has 0 atom stereocenters. The number of hydrogen-bond donors (Lipinski definition) is 0. The summed E-state index contributed by atoms with van der Waals surface area (Å²) in [5.74, 6) is 1.17. The van der Waals surface area contributed by atoms with Crippen molar-refractivity contribution in [3.8, 4) is 11.5 Å². The summed E-state index contributed by atoms with van der Waals surface area (Å²) in [7, 11) is 0. The molecule has 25 heavy (non-hydrogen) atoms. The zero-order valence-electron chi connectivity index (χ0n) is 13.8. The molecule has 1 spiro atoms. The lowest BCUT2D eigenvalue weighted by Crippen LogP contribution is -2.32. The van der Waals surface area contributed by atoms with E-state index in [0.29, 0.717) is 5.56 Å². The number of fused-ring (bicyclic) bond motifs is 6. The fourth-order valence-electron chi connectivity index (χ4n) is 3.89. The molecule has 0 amide bonds.